The molecule has 0 bridgehead atoms. The van der Waals surface area contributed by atoms with Gasteiger partial charge in [-0.15, -0.1) is 0 Å². The summed E-state index contributed by atoms with van der Waals surface area (Å²) < 4.78 is 19.0. The van der Waals surface area contributed by atoms with E-state index in [2.05, 4.69) is 53.6 Å². The molecule has 1 heterocycles. The number of carbonyl (C=O) groups excluding carboxylic acids is 1. The Bertz CT molecular complexity index is 1330. The predicted molar refractivity (Wildman–Crippen MR) is 131 cm³/mol. The highest BCUT2D eigenvalue weighted by molar-refractivity contribution is 5.86. The molecule has 1 aliphatic rings. The molecule has 4 aromatic rings. The topological polar surface area (TPSA) is 62.6 Å². The van der Waals surface area contributed by atoms with Gasteiger partial charge in [-0.25, -0.2) is 0 Å². The molecule has 0 fully saturated rings. The summed E-state index contributed by atoms with van der Waals surface area (Å²) in [5.74, 6) is 1.24. The van der Waals surface area contributed by atoms with E-state index in [1.54, 1.807) is 7.11 Å². The zero-order valence-corrected chi connectivity index (χ0v) is 19.7. The Morgan fingerprint density at radius 1 is 1.03 bits per heavy atom. The Labute approximate surface area is 199 Å². The number of rotatable bonds is 7. The van der Waals surface area contributed by atoms with Crippen molar-refractivity contribution in [2.75, 3.05) is 14.2 Å². The molecule has 1 aliphatic carbocycles. The predicted octanol–water partition coefficient (Wildman–Crippen LogP) is 4.90. The molecule has 0 aliphatic heterocycles. The maximum atomic E-state index is 11.8. The van der Waals surface area contributed by atoms with Gasteiger partial charge in [-0.05, 0) is 46.9 Å². The van der Waals surface area contributed by atoms with Gasteiger partial charge >= 0.3 is 5.97 Å². The highest BCUT2D eigenvalue weighted by Crippen LogP contribution is 2.39. The molecule has 0 amide bonds. The molecule has 0 radical (unpaired) electrons. The Morgan fingerprint density at radius 3 is 2.50 bits per heavy atom. The number of nitrogens with zero attached hydrogens (tertiary/aromatic N) is 2. The molecule has 1 aromatic heterocycles. The molecule has 0 atom stereocenters. The number of aromatic nitrogens is 2. The zero-order valence-electron chi connectivity index (χ0n) is 19.7. The fourth-order valence-electron chi connectivity index (χ4n) is 4.77. The average molecular weight is 457 g/mol. The summed E-state index contributed by atoms with van der Waals surface area (Å²) in [6.07, 6.45) is 4.49. The fraction of sp³-hybridized carbons (Fsp3) is 0.286. The zero-order chi connectivity index (χ0) is 23.7. The van der Waals surface area contributed by atoms with Gasteiger partial charge in [0.05, 0.1) is 25.9 Å². The number of benzene rings is 3. The number of methoxy groups -OCH3 is 2. The van der Waals surface area contributed by atoms with Gasteiger partial charge in [-0.2, -0.15) is 5.10 Å². The minimum absolute atomic E-state index is 0.0592. The van der Waals surface area contributed by atoms with E-state index in [1.807, 2.05) is 24.0 Å². The number of hydrogen-bond donors (Lipinski definition) is 0. The third-order valence-electron chi connectivity index (χ3n) is 6.57. The number of carbonyl (C=O) groups is 1. The summed E-state index contributed by atoms with van der Waals surface area (Å²) in [7, 11) is 4.99. The summed E-state index contributed by atoms with van der Waals surface area (Å²) in [6, 6.07) is 18.8. The van der Waals surface area contributed by atoms with E-state index in [4.69, 9.17) is 14.2 Å². The van der Waals surface area contributed by atoms with E-state index in [0.29, 0.717) is 12.2 Å². The van der Waals surface area contributed by atoms with Crippen LogP contribution in [0.2, 0.25) is 0 Å². The highest BCUT2D eigenvalue weighted by atomic mass is 16.5. The molecule has 174 valence electrons. The van der Waals surface area contributed by atoms with Gasteiger partial charge in [0.2, 0.25) is 0 Å². The van der Waals surface area contributed by atoms with Crippen molar-refractivity contribution in [3.8, 4) is 22.6 Å². The first kappa shape index (κ1) is 22.0. The molecular weight excluding hydrogens is 428 g/mol. The van der Waals surface area contributed by atoms with E-state index in [0.717, 1.165) is 46.2 Å². The van der Waals surface area contributed by atoms with Gasteiger partial charge in [-0.3, -0.25) is 9.48 Å². The SMILES string of the molecule is COC(=O)CCc1cc(-c2ccc3c(cnn3C)c2)c(OC2Cc3ccccc3C2)cc1OC. The van der Waals surface area contributed by atoms with Crippen LogP contribution in [0.3, 0.4) is 0 Å². The van der Waals surface area contributed by atoms with Gasteiger partial charge in [-0.1, -0.05) is 30.3 Å². The summed E-state index contributed by atoms with van der Waals surface area (Å²) in [6.45, 7) is 0. The normalized spacial score (nSPS) is 13.1. The minimum Gasteiger partial charge on any atom is -0.496 e. The van der Waals surface area contributed by atoms with Crippen LogP contribution in [0.1, 0.15) is 23.1 Å². The van der Waals surface area contributed by atoms with Crippen LogP contribution < -0.4 is 9.47 Å². The van der Waals surface area contributed by atoms with E-state index < -0.39 is 0 Å². The summed E-state index contributed by atoms with van der Waals surface area (Å²) >= 11 is 0. The van der Waals surface area contributed by atoms with Gasteiger partial charge in [0.25, 0.3) is 0 Å². The van der Waals surface area contributed by atoms with Crippen molar-refractivity contribution in [2.24, 2.45) is 7.05 Å². The molecule has 0 saturated carbocycles. The van der Waals surface area contributed by atoms with Crippen molar-refractivity contribution in [1.29, 1.82) is 0 Å². The molecule has 34 heavy (non-hydrogen) atoms. The maximum absolute atomic E-state index is 11.8. The highest BCUT2D eigenvalue weighted by Gasteiger charge is 2.25. The van der Waals surface area contributed by atoms with E-state index >= 15 is 0 Å². The molecule has 0 N–H and O–H groups in total. The monoisotopic (exact) mass is 456 g/mol. The van der Waals surface area contributed by atoms with Crippen LogP contribution in [0.4, 0.5) is 0 Å². The van der Waals surface area contributed by atoms with E-state index in [-0.39, 0.29) is 18.5 Å². The maximum Gasteiger partial charge on any atom is 0.305 e. The van der Waals surface area contributed by atoms with E-state index in [9.17, 15) is 4.79 Å². The standard InChI is InChI=1S/C28H28N2O4/c1-30-25-10-8-20(12-22(25)17-29-30)24-15-21(9-11-28(31)33-3)26(32-2)16-27(24)34-23-13-18-6-4-5-7-19(18)14-23/h4-8,10,12,15-17,23H,9,11,13-14H2,1-3H3. The largest absolute Gasteiger partial charge is 0.496 e. The Kier molecular flexibility index (Phi) is 5.97. The van der Waals surface area contributed by atoms with Crippen LogP contribution in [-0.4, -0.2) is 36.1 Å². The lowest BCUT2D eigenvalue weighted by Crippen LogP contribution is -2.17. The first-order chi connectivity index (χ1) is 16.6. The van der Waals surface area contributed by atoms with Crippen LogP contribution in [-0.2, 0) is 35.8 Å². The van der Waals surface area contributed by atoms with E-state index in [1.165, 1.54) is 18.2 Å². The first-order valence-electron chi connectivity index (χ1n) is 11.5. The quantitative estimate of drug-likeness (QED) is 0.370. The molecule has 0 spiro atoms. The molecule has 6 nitrogen and oxygen atoms in total. The molecule has 3 aromatic carbocycles. The molecule has 0 saturated heterocycles. The Morgan fingerprint density at radius 2 is 1.79 bits per heavy atom. The molecular formula is C28H28N2O4. The van der Waals surface area contributed by atoms with Crippen LogP contribution >= 0.6 is 0 Å². The van der Waals surface area contributed by atoms with Crippen LogP contribution in [0, 0.1) is 0 Å². The average Bonchev–Trinajstić information content (AvgIpc) is 3.44. The molecule has 6 heteroatoms. The van der Waals surface area contributed by atoms with Gasteiger partial charge in [0.15, 0.2) is 0 Å². The molecule has 0 unspecified atom stereocenters. The third kappa shape index (κ3) is 4.23. The van der Waals surface area contributed by atoms with Gasteiger partial charge < -0.3 is 14.2 Å². The lowest BCUT2D eigenvalue weighted by Gasteiger charge is -2.20. The van der Waals surface area contributed by atoms with Crippen molar-refractivity contribution in [1.82, 2.24) is 9.78 Å². The smallest absolute Gasteiger partial charge is 0.305 e. The number of ether oxygens (including phenoxy) is 3. The number of aryl methyl sites for hydroxylation is 2. The number of hydrogen-bond acceptors (Lipinski definition) is 5. The second-order valence-electron chi connectivity index (χ2n) is 8.69. The lowest BCUT2D eigenvalue weighted by molar-refractivity contribution is -0.140. The summed E-state index contributed by atoms with van der Waals surface area (Å²) in [5.41, 5.74) is 6.70. The van der Waals surface area contributed by atoms with Crippen molar-refractivity contribution >= 4 is 16.9 Å². The number of fused-ring (bicyclic) bond motifs is 2. The fourth-order valence-corrected chi connectivity index (χ4v) is 4.77. The number of esters is 1. The Balaban J connectivity index is 1.54. The Hall–Kier alpha value is -3.80. The van der Waals surface area contributed by atoms with Crippen molar-refractivity contribution in [3.05, 3.63) is 77.5 Å². The second-order valence-corrected chi connectivity index (χ2v) is 8.69. The van der Waals surface area contributed by atoms with Crippen LogP contribution in [0.25, 0.3) is 22.0 Å². The molecule has 5 rings (SSSR count). The summed E-state index contributed by atoms with van der Waals surface area (Å²) in [4.78, 5) is 11.8. The first-order valence-corrected chi connectivity index (χ1v) is 11.5. The summed E-state index contributed by atoms with van der Waals surface area (Å²) in [5, 5.41) is 5.44. The van der Waals surface area contributed by atoms with Crippen molar-refractivity contribution in [3.63, 3.8) is 0 Å². The second kappa shape index (κ2) is 9.21. The van der Waals surface area contributed by atoms with Crippen molar-refractivity contribution in [2.45, 2.75) is 31.8 Å². The van der Waals surface area contributed by atoms with Crippen molar-refractivity contribution < 1.29 is 19.0 Å². The minimum atomic E-state index is -0.246. The van der Waals surface area contributed by atoms with Crippen LogP contribution in [0.15, 0.2) is 60.8 Å². The van der Waals surface area contributed by atoms with Crippen LogP contribution in [0.5, 0.6) is 11.5 Å². The van der Waals surface area contributed by atoms with Gasteiger partial charge in [0.1, 0.15) is 17.6 Å². The van der Waals surface area contributed by atoms with Gasteiger partial charge in [0, 0.05) is 43.3 Å². The lowest BCUT2D eigenvalue weighted by atomic mass is 9.97. The third-order valence-corrected chi connectivity index (χ3v) is 6.57.